The molecule has 2 aromatic rings. The average Bonchev–Trinajstić information content (AvgIpc) is 2.50. The standard InChI is InChI=1S/C13H10ClN3O3S/c1-20-9-2-4-10(5-3-9)21(18,19)11(8-15)12-13(14)17-7-6-16-12/h2-7,11H,1H3/t11-/m1/s1. The maximum absolute atomic E-state index is 12.5. The van der Waals surface area contributed by atoms with Crippen LogP contribution in [0.15, 0.2) is 41.6 Å². The lowest BCUT2D eigenvalue weighted by Gasteiger charge is -2.11. The van der Waals surface area contributed by atoms with Crippen LogP contribution in [0.5, 0.6) is 5.75 Å². The summed E-state index contributed by atoms with van der Waals surface area (Å²) < 4.78 is 30.0. The van der Waals surface area contributed by atoms with Crippen molar-refractivity contribution in [3.05, 3.63) is 47.5 Å². The lowest BCUT2D eigenvalue weighted by molar-refractivity contribution is 0.414. The molecule has 21 heavy (non-hydrogen) atoms. The van der Waals surface area contributed by atoms with Crippen LogP contribution in [-0.2, 0) is 9.84 Å². The molecule has 2 rings (SSSR count). The highest BCUT2D eigenvalue weighted by Crippen LogP contribution is 2.30. The minimum atomic E-state index is -3.96. The largest absolute Gasteiger partial charge is 0.497 e. The van der Waals surface area contributed by atoms with Crippen molar-refractivity contribution in [1.29, 1.82) is 5.26 Å². The summed E-state index contributed by atoms with van der Waals surface area (Å²) in [4.78, 5) is 7.59. The van der Waals surface area contributed by atoms with Crippen molar-refractivity contribution in [2.24, 2.45) is 0 Å². The average molecular weight is 324 g/mol. The van der Waals surface area contributed by atoms with Crippen LogP contribution in [0.25, 0.3) is 0 Å². The Kier molecular flexibility index (Phi) is 4.40. The van der Waals surface area contributed by atoms with Crippen molar-refractivity contribution in [3.8, 4) is 11.8 Å². The van der Waals surface area contributed by atoms with Gasteiger partial charge in [0.1, 0.15) is 11.4 Å². The fourth-order valence-corrected chi connectivity index (χ4v) is 3.36. The van der Waals surface area contributed by atoms with E-state index >= 15 is 0 Å². The molecule has 0 radical (unpaired) electrons. The summed E-state index contributed by atoms with van der Waals surface area (Å²) in [6.07, 6.45) is 2.61. The second kappa shape index (κ2) is 6.08. The van der Waals surface area contributed by atoms with E-state index in [0.29, 0.717) is 5.75 Å². The van der Waals surface area contributed by atoms with Crippen LogP contribution in [0.2, 0.25) is 5.15 Å². The Morgan fingerprint density at radius 3 is 2.38 bits per heavy atom. The summed E-state index contributed by atoms with van der Waals surface area (Å²) in [5.41, 5.74) is -0.0857. The first-order valence-electron chi connectivity index (χ1n) is 5.74. The van der Waals surface area contributed by atoms with E-state index in [1.54, 1.807) is 6.07 Å². The molecule has 0 aliphatic heterocycles. The van der Waals surface area contributed by atoms with Gasteiger partial charge in [-0.1, -0.05) is 11.6 Å². The Balaban J connectivity index is 2.50. The monoisotopic (exact) mass is 323 g/mol. The number of benzene rings is 1. The van der Waals surface area contributed by atoms with Crippen LogP contribution in [0.4, 0.5) is 0 Å². The number of methoxy groups -OCH3 is 1. The van der Waals surface area contributed by atoms with Gasteiger partial charge in [-0.3, -0.25) is 4.98 Å². The highest BCUT2D eigenvalue weighted by atomic mass is 35.5. The first-order valence-corrected chi connectivity index (χ1v) is 7.67. The fraction of sp³-hybridized carbons (Fsp3) is 0.154. The normalized spacial score (nSPS) is 12.4. The van der Waals surface area contributed by atoms with Gasteiger partial charge in [0.05, 0.1) is 18.1 Å². The molecule has 0 spiro atoms. The lowest BCUT2D eigenvalue weighted by Crippen LogP contribution is -2.14. The third-order valence-electron chi connectivity index (χ3n) is 2.74. The number of nitrogens with zero attached hydrogens (tertiary/aromatic N) is 3. The van der Waals surface area contributed by atoms with Gasteiger partial charge in [0.15, 0.2) is 10.4 Å². The fourth-order valence-electron chi connectivity index (χ4n) is 1.69. The minimum absolute atomic E-state index is 0.0171. The number of hydrogen-bond acceptors (Lipinski definition) is 6. The van der Waals surface area contributed by atoms with Crippen LogP contribution in [-0.4, -0.2) is 25.5 Å². The molecular weight excluding hydrogens is 314 g/mol. The molecule has 0 amide bonds. The summed E-state index contributed by atoms with van der Waals surface area (Å²) in [6.45, 7) is 0. The second-order valence-electron chi connectivity index (χ2n) is 3.96. The smallest absolute Gasteiger partial charge is 0.200 e. The van der Waals surface area contributed by atoms with Crippen molar-refractivity contribution >= 4 is 21.4 Å². The van der Waals surface area contributed by atoms with Gasteiger partial charge in [-0.15, -0.1) is 0 Å². The molecule has 0 unspecified atom stereocenters. The predicted octanol–water partition coefficient (Wildman–Crippen LogP) is 2.18. The van der Waals surface area contributed by atoms with E-state index in [1.807, 2.05) is 0 Å². The number of sulfone groups is 1. The molecule has 6 nitrogen and oxygen atoms in total. The van der Waals surface area contributed by atoms with E-state index in [4.69, 9.17) is 16.3 Å². The van der Waals surface area contributed by atoms with Gasteiger partial charge in [0, 0.05) is 12.4 Å². The third-order valence-corrected chi connectivity index (χ3v) is 4.91. The predicted molar refractivity (Wildman–Crippen MR) is 75.6 cm³/mol. The van der Waals surface area contributed by atoms with Crippen LogP contribution in [0.1, 0.15) is 10.9 Å². The summed E-state index contributed by atoms with van der Waals surface area (Å²) in [5.74, 6) is 0.514. The van der Waals surface area contributed by atoms with E-state index in [1.165, 1.54) is 43.8 Å². The van der Waals surface area contributed by atoms with Crippen molar-refractivity contribution < 1.29 is 13.2 Å². The molecule has 0 aliphatic rings. The Morgan fingerprint density at radius 1 is 1.24 bits per heavy atom. The zero-order valence-corrected chi connectivity index (χ0v) is 12.5. The zero-order valence-electron chi connectivity index (χ0n) is 10.9. The van der Waals surface area contributed by atoms with E-state index in [0.717, 1.165) is 0 Å². The topological polar surface area (TPSA) is 92.9 Å². The van der Waals surface area contributed by atoms with Gasteiger partial charge in [-0.2, -0.15) is 5.26 Å². The van der Waals surface area contributed by atoms with Gasteiger partial charge in [0.25, 0.3) is 0 Å². The molecule has 1 atom stereocenters. The Morgan fingerprint density at radius 2 is 1.86 bits per heavy atom. The molecule has 8 heteroatoms. The van der Waals surface area contributed by atoms with Gasteiger partial charge in [0.2, 0.25) is 9.84 Å². The molecule has 0 bridgehead atoms. The number of hydrogen-bond donors (Lipinski definition) is 0. The van der Waals surface area contributed by atoms with E-state index in [9.17, 15) is 13.7 Å². The maximum Gasteiger partial charge on any atom is 0.200 e. The second-order valence-corrected chi connectivity index (χ2v) is 6.35. The quantitative estimate of drug-likeness (QED) is 0.856. The zero-order chi connectivity index (χ0) is 15.5. The molecule has 0 saturated carbocycles. The Bertz CT molecular complexity index is 785. The summed E-state index contributed by atoms with van der Waals surface area (Å²) in [6, 6.07) is 7.45. The van der Waals surface area contributed by atoms with Gasteiger partial charge in [-0.25, -0.2) is 13.4 Å². The van der Waals surface area contributed by atoms with Crippen molar-refractivity contribution in [1.82, 2.24) is 9.97 Å². The summed E-state index contributed by atoms with van der Waals surface area (Å²) in [5, 5.41) is 7.59. The Hall–Kier alpha value is -2.17. The number of halogens is 1. The van der Waals surface area contributed by atoms with Crippen LogP contribution < -0.4 is 4.74 Å². The lowest BCUT2D eigenvalue weighted by atomic mass is 10.3. The number of nitriles is 1. The van der Waals surface area contributed by atoms with E-state index in [2.05, 4.69) is 9.97 Å². The van der Waals surface area contributed by atoms with Crippen LogP contribution in [0, 0.1) is 11.3 Å². The van der Waals surface area contributed by atoms with Crippen LogP contribution >= 0.6 is 11.6 Å². The first-order chi connectivity index (χ1) is 10.0. The van der Waals surface area contributed by atoms with Gasteiger partial charge < -0.3 is 4.74 Å². The van der Waals surface area contributed by atoms with Crippen molar-refractivity contribution in [2.75, 3.05) is 7.11 Å². The minimum Gasteiger partial charge on any atom is -0.497 e. The molecule has 0 fully saturated rings. The maximum atomic E-state index is 12.5. The summed E-state index contributed by atoms with van der Waals surface area (Å²) >= 11 is 5.83. The Labute approximate surface area is 126 Å². The van der Waals surface area contributed by atoms with Crippen molar-refractivity contribution in [2.45, 2.75) is 10.1 Å². The third kappa shape index (κ3) is 2.96. The van der Waals surface area contributed by atoms with Gasteiger partial charge >= 0.3 is 0 Å². The SMILES string of the molecule is COc1ccc(S(=O)(=O)[C@H](C#N)c2nccnc2Cl)cc1. The highest BCUT2D eigenvalue weighted by molar-refractivity contribution is 7.92. The van der Waals surface area contributed by atoms with Gasteiger partial charge in [-0.05, 0) is 24.3 Å². The van der Waals surface area contributed by atoms with Crippen molar-refractivity contribution in [3.63, 3.8) is 0 Å². The molecule has 0 N–H and O–H groups in total. The molecule has 0 saturated heterocycles. The molecule has 108 valence electrons. The number of rotatable bonds is 4. The number of ether oxygens (including phenoxy) is 1. The molecule has 1 aromatic carbocycles. The van der Waals surface area contributed by atoms with E-state index in [-0.39, 0.29) is 15.7 Å². The number of aromatic nitrogens is 2. The highest BCUT2D eigenvalue weighted by Gasteiger charge is 2.32. The molecule has 1 heterocycles. The molecule has 0 aliphatic carbocycles. The molecule has 1 aromatic heterocycles. The molecular formula is C13H10ClN3O3S. The first kappa shape index (κ1) is 15.2. The van der Waals surface area contributed by atoms with Crippen LogP contribution in [0.3, 0.4) is 0 Å². The van der Waals surface area contributed by atoms with E-state index < -0.39 is 15.1 Å². The summed E-state index contributed by atoms with van der Waals surface area (Å²) in [7, 11) is -2.48.